The second-order valence-corrected chi connectivity index (χ2v) is 7.59. The molecule has 0 saturated carbocycles. The quantitative estimate of drug-likeness (QED) is 0.464. The Balaban J connectivity index is 1.58. The number of aliphatic hydroxyl groups is 1. The highest BCUT2D eigenvalue weighted by molar-refractivity contribution is 7.99. The molecule has 0 spiro atoms. The van der Waals surface area contributed by atoms with Crippen molar-refractivity contribution in [2.45, 2.75) is 17.5 Å². The van der Waals surface area contributed by atoms with Gasteiger partial charge in [0.2, 0.25) is 0 Å². The zero-order valence-corrected chi connectivity index (χ0v) is 15.2. The van der Waals surface area contributed by atoms with E-state index >= 15 is 0 Å². The SMILES string of the molecule is OC(CSc1ccc(Cl)cc1)Cn1c2ccccc2c2ccccc21. The third kappa shape index (κ3) is 3.40. The lowest BCUT2D eigenvalue weighted by molar-refractivity contribution is 0.181. The Labute approximate surface area is 156 Å². The van der Waals surface area contributed by atoms with E-state index in [0.29, 0.717) is 12.3 Å². The van der Waals surface area contributed by atoms with Crippen LogP contribution in [0.4, 0.5) is 0 Å². The van der Waals surface area contributed by atoms with Gasteiger partial charge in [0.05, 0.1) is 6.10 Å². The Bertz CT molecular complexity index is 956. The summed E-state index contributed by atoms with van der Waals surface area (Å²) in [7, 11) is 0. The van der Waals surface area contributed by atoms with Gasteiger partial charge in [-0.15, -0.1) is 11.8 Å². The lowest BCUT2D eigenvalue weighted by atomic mass is 10.2. The third-order valence-corrected chi connectivity index (χ3v) is 5.74. The summed E-state index contributed by atoms with van der Waals surface area (Å²) in [5.41, 5.74) is 2.33. The van der Waals surface area contributed by atoms with Crippen molar-refractivity contribution < 1.29 is 5.11 Å². The monoisotopic (exact) mass is 367 g/mol. The van der Waals surface area contributed by atoms with Crippen LogP contribution in [0.1, 0.15) is 0 Å². The highest BCUT2D eigenvalue weighted by Gasteiger charge is 2.13. The van der Waals surface area contributed by atoms with Gasteiger partial charge < -0.3 is 9.67 Å². The number of para-hydroxylation sites is 2. The first-order valence-corrected chi connectivity index (χ1v) is 9.61. The molecule has 4 heteroatoms. The third-order valence-electron chi connectivity index (χ3n) is 4.33. The van der Waals surface area contributed by atoms with Crippen LogP contribution < -0.4 is 0 Å². The molecule has 4 rings (SSSR count). The second-order valence-electron chi connectivity index (χ2n) is 6.06. The smallest absolute Gasteiger partial charge is 0.0813 e. The number of nitrogens with zero attached hydrogens (tertiary/aromatic N) is 1. The summed E-state index contributed by atoms with van der Waals surface area (Å²) in [4.78, 5) is 1.12. The molecule has 3 aromatic carbocycles. The molecule has 1 unspecified atom stereocenters. The molecule has 0 bridgehead atoms. The van der Waals surface area contributed by atoms with Gasteiger partial charge in [-0.3, -0.25) is 0 Å². The van der Waals surface area contributed by atoms with Crippen LogP contribution >= 0.6 is 23.4 Å². The predicted octanol–water partition coefficient (Wildman–Crippen LogP) is 5.60. The number of thioether (sulfide) groups is 1. The maximum absolute atomic E-state index is 10.6. The highest BCUT2D eigenvalue weighted by Crippen LogP contribution is 2.29. The van der Waals surface area contributed by atoms with Gasteiger partial charge in [0.25, 0.3) is 0 Å². The number of aromatic nitrogens is 1. The molecule has 1 atom stereocenters. The molecule has 1 aromatic heterocycles. The molecule has 0 aliphatic carbocycles. The summed E-state index contributed by atoms with van der Waals surface area (Å²) in [6, 6.07) is 24.5. The van der Waals surface area contributed by atoms with Crippen molar-refractivity contribution in [2.24, 2.45) is 0 Å². The fraction of sp³-hybridized carbons (Fsp3) is 0.143. The minimum Gasteiger partial charge on any atom is -0.390 e. The number of aliphatic hydroxyl groups excluding tert-OH is 1. The van der Waals surface area contributed by atoms with Crippen molar-refractivity contribution in [2.75, 3.05) is 5.75 Å². The lowest BCUT2D eigenvalue weighted by Crippen LogP contribution is -2.18. The summed E-state index contributed by atoms with van der Waals surface area (Å²) < 4.78 is 2.22. The molecule has 25 heavy (non-hydrogen) atoms. The lowest BCUT2D eigenvalue weighted by Gasteiger charge is -2.14. The van der Waals surface area contributed by atoms with Crippen LogP contribution in [0.5, 0.6) is 0 Å². The van der Waals surface area contributed by atoms with Gasteiger partial charge in [-0.2, -0.15) is 0 Å². The molecule has 1 heterocycles. The number of halogens is 1. The average molecular weight is 368 g/mol. The summed E-state index contributed by atoms with van der Waals surface area (Å²) >= 11 is 7.57. The van der Waals surface area contributed by atoms with Crippen molar-refractivity contribution in [3.63, 3.8) is 0 Å². The van der Waals surface area contributed by atoms with Gasteiger partial charge in [0, 0.05) is 44.0 Å². The Morgan fingerprint density at radius 2 is 1.40 bits per heavy atom. The van der Waals surface area contributed by atoms with E-state index in [2.05, 4.69) is 41.0 Å². The van der Waals surface area contributed by atoms with Crippen molar-refractivity contribution in [3.05, 3.63) is 77.8 Å². The first-order valence-electron chi connectivity index (χ1n) is 8.25. The summed E-state index contributed by atoms with van der Waals surface area (Å²) in [6.45, 7) is 0.578. The fourth-order valence-electron chi connectivity index (χ4n) is 3.19. The minimum absolute atomic E-state index is 0.431. The molecule has 126 valence electrons. The van der Waals surface area contributed by atoms with Gasteiger partial charge >= 0.3 is 0 Å². The van der Waals surface area contributed by atoms with Crippen LogP contribution in [0.3, 0.4) is 0 Å². The number of hydrogen-bond acceptors (Lipinski definition) is 2. The van der Waals surface area contributed by atoms with Crippen molar-refractivity contribution in [1.82, 2.24) is 4.57 Å². The van der Waals surface area contributed by atoms with E-state index in [4.69, 9.17) is 11.6 Å². The van der Waals surface area contributed by atoms with Crippen molar-refractivity contribution >= 4 is 45.2 Å². The molecule has 4 aromatic rings. The molecule has 0 amide bonds. The van der Waals surface area contributed by atoms with E-state index < -0.39 is 6.10 Å². The minimum atomic E-state index is -0.431. The largest absolute Gasteiger partial charge is 0.390 e. The van der Waals surface area contributed by atoms with Crippen LogP contribution in [0.2, 0.25) is 5.02 Å². The number of fused-ring (bicyclic) bond motifs is 3. The number of rotatable bonds is 5. The highest BCUT2D eigenvalue weighted by atomic mass is 35.5. The first kappa shape index (κ1) is 16.5. The van der Waals surface area contributed by atoms with Crippen molar-refractivity contribution in [3.8, 4) is 0 Å². The van der Waals surface area contributed by atoms with Gasteiger partial charge in [0.15, 0.2) is 0 Å². The Morgan fingerprint density at radius 3 is 2.00 bits per heavy atom. The van der Waals surface area contributed by atoms with Crippen LogP contribution in [-0.2, 0) is 6.54 Å². The van der Waals surface area contributed by atoms with E-state index in [-0.39, 0.29) is 0 Å². The van der Waals surface area contributed by atoms with Crippen LogP contribution in [0.15, 0.2) is 77.7 Å². The summed E-state index contributed by atoms with van der Waals surface area (Å²) in [5, 5.41) is 13.8. The normalized spacial score (nSPS) is 12.7. The molecular formula is C21H18ClNOS. The average Bonchev–Trinajstić information content (AvgIpc) is 2.96. The van der Waals surface area contributed by atoms with E-state index in [9.17, 15) is 5.11 Å². The molecule has 0 aliphatic heterocycles. The van der Waals surface area contributed by atoms with E-state index in [1.165, 1.54) is 21.8 Å². The molecule has 2 nitrogen and oxygen atoms in total. The molecule has 0 radical (unpaired) electrons. The summed E-state index contributed by atoms with van der Waals surface area (Å²) in [5.74, 6) is 0.641. The second kappa shape index (κ2) is 7.12. The Hall–Kier alpha value is -1.94. The first-order chi connectivity index (χ1) is 12.2. The fourth-order valence-corrected chi connectivity index (χ4v) is 4.13. The van der Waals surface area contributed by atoms with Crippen LogP contribution in [0, 0.1) is 0 Å². The Kier molecular flexibility index (Phi) is 4.71. The zero-order valence-electron chi connectivity index (χ0n) is 13.6. The predicted molar refractivity (Wildman–Crippen MR) is 108 cm³/mol. The summed E-state index contributed by atoms with van der Waals surface area (Å²) in [6.07, 6.45) is -0.431. The van der Waals surface area contributed by atoms with Gasteiger partial charge in [-0.25, -0.2) is 0 Å². The van der Waals surface area contributed by atoms with Crippen molar-refractivity contribution in [1.29, 1.82) is 0 Å². The van der Waals surface area contributed by atoms with E-state index in [0.717, 1.165) is 9.92 Å². The topological polar surface area (TPSA) is 25.2 Å². The van der Waals surface area contributed by atoms with Gasteiger partial charge in [0.1, 0.15) is 0 Å². The Morgan fingerprint density at radius 1 is 0.840 bits per heavy atom. The van der Waals surface area contributed by atoms with Crippen LogP contribution in [-0.4, -0.2) is 21.5 Å². The van der Waals surface area contributed by atoms with Gasteiger partial charge in [-0.1, -0.05) is 48.0 Å². The van der Waals surface area contributed by atoms with E-state index in [1.807, 2.05) is 36.4 Å². The standard InChI is InChI=1S/C21H18ClNOS/c22-15-9-11-17(12-10-15)25-14-16(24)13-23-20-7-3-1-5-18(20)19-6-2-4-8-21(19)23/h1-12,16,24H,13-14H2. The van der Waals surface area contributed by atoms with Crippen LogP contribution in [0.25, 0.3) is 21.8 Å². The number of hydrogen-bond donors (Lipinski definition) is 1. The maximum atomic E-state index is 10.6. The molecule has 1 N–H and O–H groups in total. The molecule has 0 fully saturated rings. The number of benzene rings is 3. The molecule has 0 saturated heterocycles. The zero-order chi connectivity index (χ0) is 17.2. The maximum Gasteiger partial charge on any atom is 0.0813 e. The van der Waals surface area contributed by atoms with Gasteiger partial charge in [-0.05, 0) is 36.4 Å². The van der Waals surface area contributed by atoms with E-state index in [1.54, 1.807) is 11.8 Å². The molecular weight excluding hydrogens is 350 g/mol. The molecule has 0 aliphatic rings.